The molecule has 0 aromatic heterocycles. The summed E-state index contributed by atoms with van der Waals surface area (Å²) < 4.78 is 22.8. The van der Waals surface area contributed by atoms with Gasteiger partial charge in [0.15, 0.2) is 0 Å². The fourth-order valence-electron chi connectivity index (χ4n) is 1.76. The molecule has 1 aromatic rings. The maximum Gasteiger partial charge on any atom is 0.254 e. The quantitative estimate of drug-likeness (QED) is 0.864. The second kappa shape index (κ2) is 6.76. The summed E-state index contributed by atoms with van der Waals surface area (Å²) in [4.78, 5) is 11.8. The average Bonchev–Trinajstić information content (AvgIpc) is 2.26. The van der Waals surface area contributed by atoms with Crippen LogP contribution in [0.4, 0.5) is 0 Å². The molecule has 0 saturated heterocycles. The molecule has 1 atom stereocenters. The zero-order valence-electron chi connectivity index (χ0n) is 11.1. The monoisotopic (exact) mass is 338 g/mol. The van der Waals surface area contributed by atoms with E-state index in [-0.39, 0.29) is 26.5 Å². The van der Waals surface area contributed by atoms with E-state index in [4.69, 9.17) is 28.3 Å². The number of hydrogen-bond acceptors (Lipinski definition) is 3. The topological polar surface area (TPSA) is 89.3 Å². The van der Waals surface area contributed by atoms with Gasteiger partial charge in [0, 0.05) is 6.04 Å². The van der Waals surface area contributed by atoms with Crippen LogP contribution in [0.2, 0.25) is 10.0 Å². The molecule has 5 nitrogen and oxygen atoms in total. The summed E-state index contributed by atoms with van der Waals surface area (Å²) in [5.41, 5.74) is -0.0807. The molecule has 1 rings (SSSR count). The van der Waals surface area contributed by atoms with Crippen molar-refractivity contribution < 1.29 is 13.2 Å². The molecule has 112 valence electrons. The number of halogens is 2. The maximum absolute atomic E-state index is 12.1. The van der Waals surface area contributed by atoms with Gasteiger partial charge in [-0.05, 0) is 25.5 Å². The molecule has 0 spiro atoms. The van der Waals surface area contributed by atoms with Crippen LogP contribution in [0, 0.1) is 0 Å². The Bertz CT molecular complexity index is 617. The first-order valence-electron chi connectivity index (χ1n) is 6.00. The molecule has 0 radical (unpaired) electrons. The fraction of sp³-hybridized carbons (Fsp3) is 0.417. The Kier molecular flexibility index (Phi) is 5.82. The summed E-state index contributed by atoms with van der Waals surface area (Å²) in [5, 5.41) is 7.56. The number of nitrogens with one attached hydrogen (secondary N) is 1. The number of carbonyl (C=O) groups is 1. The van der Waals surface area contributed by atoms with Crippen molar-refractivity contribution in [2.75, 3.05) is 0 Å². The molecule has 1 amide bonds. The van der Waals surface area contributed by atoms with Gasteiger partial charge in [-0.1, -0.05) is 36.5 Å². The van der Waals surface area contributed by atoms with Gasteiger partial charge >= 0.3 is 0 Å². The van der Waals surface area contributed by atoms with E-state index < -0.39 is 15.9 Å². The largest absolute Gasteiger partial charge is 0.349 e. The Morgan fingerprint density at radius 1 is 1.40 bits per heavy atom. The molecule has 1 unspecified atom stereocenters. The van der Waals surface area contributed by atoms with Crippen molar-refractivity contribution in [3.05, 3.63) is 27.7 Å². The van der Waals surface area contributed by atoms with Crippen molar-refractivity contribution in [1.29, 1.82) is 0 Å². The molecule has 20 heavy (non-hydrogen) atoms. The normalized spacial score (nSPS) is 13.1. The third-order valence-corrected chi connectivity index (χ3v) is 4.46. The third-order valence-electron chi connectivity index (χ3n) is 2.69. The number of amides is 1. The number of primary sulfonamides is 1. The van der Waals surface area contributed by atoms with E-state index in [1.54, 1.807) is 0 Å². The van der Waals surface area contributed by atoms with Crippen molar-refractivity contribution in [1.82, 2.24) is 5.32 Å². The highest BCUT2D eigenvalue weighted by Crippen LogP contribution is 2.30. The molecule has 0 bridgehead atoms. The first kappa shape index (κ1) is 17.2. The minimum absolute atomic E-state index is 0.0715. The summed E-state index contributed by atoms with van der Waals surface area (Å²) in [5.74, 6) is -0.522. The maximum atomic E-state index is 12.1. The van der Waals surface area contributed by atoms with E-state index in [0.29, 0.717) is 0 Å². The van der Waals surface area contributed by atoms with Crippen LogP contribution in [-0.2, 0) is 10.0 Å². The van der Waals surface area contributed by atoms with E-state index in [2.05, 4.69) is 5.32 Å². The molecule has 0 fully saturated rings. The number of rotatable bonds is 5. The minimum Gasteiger partial charge on any atom is -0.349 e. The Balaban J connectivity index is 3.21. The summed E-state index contributed by atoms with van der Waals surface area (Å²) in [6.07, 6.45) is 1.69. The lowest BCUT2D eigenvalue weighted by molar-refractivity contribution is 0.0938. The Morgan fingerprint density at radius 3 is 2.50 bits per heavy atom. The number of hydrogen-bond donors (Lipinski definition) is 2. The molecule has 0 aliphatic heterocycles. The highest BCUT2D eigenvalue weighted by molar-refractivity contribution is 7.89. The van der Waals surface area contributed by atoms with Gasteiger partial charge in [-0.15, -0.1) is 0 Å². The van der Waals surface area contributed by atoms with Gasteiger partial charge in [0.2, 0.25) is 10.0 Å². The lowest BCUT2D eigenvalue weighted by Crippen LogP contribution is -2.33. The van der Waals surface area contributed by atoms with Gasteiger partial charge in [0.1, 0.15) is 4.90 Å². The third kappa shape index (κ3) is 4.09. The second-order valence-electron chi connectivity index (χ2n) is 4.44. The summed E-state index contributed by atoms with van der Waals surface area (Å²) >= 11 is 11.9. The van der Waals surface area contributed by atoms with Crippen molar-refractivity contribution in [2.45, 2.75) is 37.6 Å². The smallest absolute Gasteiger partial charge is 0.254 e. The van der Waals surface area contributed by atoms with E-state index in [9.17, 15) is 13.2 Å². The second-order valence-corrected chi connectivity index (χ2v) is 6.76. The van der Waals surface area contributed by atoms with Crippen LogP contribution in [0.1, 0.15) is 37.0 Å². The molecular formula is C12H16Cl2N2O3S. The Hall–Kier alpha value is -0.820. The van der Waals surface area contributed by atoms with E-state index in [0.717, 1.165) is 12.8 Å². The number of benzene rings is 1. The van der Waals surface area contributed by atoms with Crippen molar-refractivity contribution in [3.63, 3.8) is 0 Å². The van der Waals surface area contributed by atoms with Crippen molar-refractivity contribution in [2.24, 2.45) is 5.14 Å². The van der Waals surface area contributed by atoms with Crippen molar-refractivity contribution in [3.8, 4) is 0 Å². The Labute approximate surface area is 128 Å². The molecule has 0 aliphatic rings. The first-order valence-corrected chi connectivity index (χ1v) is 8.30. The molecule has 3 N–H and O–H groups in total. The lowest BCUT2D eigenvalue weighted by atomic mass is 10.1. The SMILES string of the molecule is CCCC(C)NC(=O)c1c(Cl)ccc(S(N)(=O)=O)c1Cl. The highest BCUT2D eigenvalue weighted by Gasteiger charge is 2.23. The standard InChI is InChI=1S/C12H16Cl2N2O3S/c1-3-4-7(2)16-12(17)10-8(13)5-6-9(11(10)14)20(15,18)19/h5-7H,3-4H2,1-2H3,(H,16,17)(H2,15,18,19). The van der Waals surface area contributed by atoms with Crippen LogP contribution in [-0.4, -0.2) is 20.4 Å². The molecule has 0 heterocycles. The number of carbonyl (C=O) groups excluding carboxylic acids is 1. The lowest BCUT2D eigenvalue weighted by Gasteiger charge is -2.15. The van der Waals surface area contributed by atoms with E-state index in [1.165, 1.54) is 12.1 Å². The molecule has 0 aliphatic carbocycles. The first-order chi connectivity index (χ1) is 9.18. The van der Waals surface area contributed by atoms with Gasteiger partial charge in [-0.25, -0.2) is 13.6 Å². The van der Waals surface area contributed by atoms with Crippen LogP contribution in [0.25, 0.3) is 0 Å². The number of nitrogens with two attached hydrogens (primary N) is 1. The predicted molar refractivity (Wildman–Crippen MR) is 79.7 cm³/mol. The fourth-order valence-corrected chi connectivity index (χ4v) is 3.24. The molecular weight excluding hydrogens is 323 g/mol. The van der Waals surface area contributed by atoms with Crippen LogP contribution in [0.5, 0.6) is 0 Å². The average molecular weight is 339 g/mol. The van der Waals surface area contributed by atoms with E-state index >= 15 is 0 Å². The zero-order valence-corrected chi connectivity index (χ0v) is 13.4. The van der Waals surface area contributed by atoms with Crippen molar-refractivity contribution >= 4 is 39.1 Å². The summed E-state index contributed by atoms with van der Waals surface area (Å²) in [6, 6.07) is 2.39. The summed E-state index contributed by atoms with van der Waals surface area (Å²) in [7, 11) is -4.02. The number of sulfonamides is 1. The van der Waals surface area contributed by atoms with Crippen LogP contribution in [0.3, 0.4) is 0 Å². The Morgan fingerprint density at radius 2 is 2.00 bits per heavy atom. The van der Waals surface area contributed by atoms with Gasteiger partial charge < -0.3 is 5.32 Å². The van der Waals surface area contributed by atoms with Gasteiger partial charge in [-0.3, -0.25) is 4.79 Å². The van der Waals surface area contributed by atoms with E-state index in [1.807, 2.05) is 13.8 Å². The highest BCUT2D eigenvalue weighted by atomic mass is 35.5. The predicted octanol–water partition coefficient (Wildman–Crippen LogP) is 2.56. The zero-order chi connectivity index (χ0) is 15.5. The van der Waals surface area contributed by atoms with Crippen LogP contribution < -0.4 is 10.5 Å². The van der Waals surface area contributed by atoms with Gasteiger partial charge in [0.05, 0.1) is 15.6 Å². The molecule has 0 saturated carbocycles. The summed E-state index contributed by atoms with van der Waals surface area (Å²) in [6.45, 7) is 3.83. The minimum atomic E-state index is -4.02. The molecule has 8 heteroatoms. The van der Waals surface area contributed by atoms with Gasteiger partial charge in [-0.2, -0.15) is 0 Å². The van der Waals surface area contributed by atoms with Gasteiger partial charge in [0.25, 0.3) is 5.91 Å². The van der Waals surface area contributed by atoms with Crippen LogP contribution >= 0.6 is 23.2 Å². The van der Waals surface area contributed by atoms with Crippen LogP contribution in [0.15, 0.2) is 17.0 Å². The molecule has 1 aromatic carbocycles.